The largest absolute Gasteiger partial charge is 0.365 e. The molecule has 4 heterocycles. The predicted octanol–water partition coefficient (Wildman–Crippen LogP) is 2.64. The van der Waals surface area contributed by atoms with Crippen molar-refractivity contribution in [1.29, 1.82) is 5.26 Å². The van der Waals surface area contributed by atoms with Gasteiger partial charge in [-0.2, -0.15) is 15.5 Å². The first kappa shape index (κ1) is 22.6. The number of fused-ring (bicyclic) bond motifs is 1. The van der Waals surface area contributed by atoms with E-state index >= 15 is 0 Å². The SMILES string of the molecule is Cc1c(C#N)cccc1[C@@H](N)Nc1nnc(C)c2cnc(N3CCN(c4cnn(C)c4)CC3)cc12. The molecule has 1 aromatic carbocycles. The van der Waals surface area contributed by atoms with Gasteiger partial charge in [0.1, 0.15) is 12.0 Å². The van der Waals surface area contributed by atoms with Gasteiger partial charge in [-0.25, -0.2) is 4.98 Å². The van der Waals surface area contributed by atoms with Crippen LogP contribution in [-0.2, 0) is 7.05 Å². The summed E-state index contributed by atoms with van der Waals surface area (Å²) in [6, 6.07) is 9.83. The van der Waals surface area contributed by atoms with Crippen LogP contribution in [0.4, 0.5) is 17.3 Å². The highest BCUT2D eigenvalue weighted by molar-refractivity contribution is 5.94. The van der Waals surface area contributed by atoms with Crippen molar-refractivity contribution in [2.75, 3.05) is 41.3 Å². The first-order valence-electron chi connectivity index (χ1n) is 11.6. The Labute approximate surface area is 204 Å². The summed E-state index contributed by atoms with van der Waals surface area (Å²) in [5.41, 5.74) is 10.8. The second-order valence-corrected chi connectivity index (χ2v) is 8.82. The van der Waals surface area contributed by atoms with E-state index in [0.29, 0.717) is 11.4 Å². The number of rotatable bonds is 5. The molecule has 1 atom stereocenters. The standard InChI is InChI=1S/C25H28N10/c1-16-18(12-26)5-4-6-20(16)24(27)30-25-21-11-23(28-14-22(21)17(2)31-32-25)35-9-7-34(8-10-35)19-13-29-33(3)15-19/h4-6,11,13-15,24H,7-10,27H2,1-3H3,(H,30,32)/t24-/m0/s1. The molecule has 1 aliphatic rings. The topological polar surface area (TPSA) is 125 Å². The fourth-order valence-electron chi connectivity index (χ4n) is 4.54. The van der Waals surface area contributed by atoms with E-state index < -0.39 is 6.17 Å². The number of piperazine rings is 1. The zero-order chi connectivity index (χ0) is 24.5. The Morgan fingerprint density at radius 2 is 1.83 bits per heavy atom. The van der Waals surface area contributed by atoms with Gasteiger partial charge in [0.05, 0.1) is 29.2 Å². The molecule has 0 bridgehead atoms. The van der Waals surface area contributed by atoms with Gasteiger partial charge in [0.25, 0.3) is 0 Å². The average Bonchev–Trinajstić information content (AvgIpc) is 3.32. The minimum absolute atomic E-state index is 0.539. The molecular formula is C25H28N10. The number of aromatic nitrogens is 5. The molecule has 10 nitrogen and oxygen atoms in total. The number of aryl methyl sites for hydroxylation is 2. The number of pyridine rings is 1. The molecule has 1 saturated heterocycles. The Balaban J connectivity index is 1.40. The lowest BCUT2D eigenvalue weighted by molar-refractivity contribution is 0.647. The van der Waals surface area contributed by atoms with E-state index in [1.807, 2.05) is 56.3 Å². The lowest BCUT2D eigenvalue weighted by Gasteiger charge is -2.36. The molecule has 0 unspecified atom stereocenters. The zero-order valence-corrected chi connectivity index (χ0v) is 20.1. The third-order valence-electron chi connectivity index (χ3n) is 6.62. The van der Waals surface area contributed by atoms with Crippen LogP contribution >= 0.6 is 0 Å². The fraction of sp³-hybridized carbons (Fsp3) is 0.320. The van der Waals surface area contributed by atoms with Gasteiger partial charge in [0.2, 0.25) is 0 Å². The predicted molar refractivity (Wildman–Crippen MR) is 136 cm³/mol. The monoisotopic (exact) mass is 468 g/mol. The van der Waals surface area contributed by atoms with Crippen molar-refractivity contribution in [1.82, 2.24) is 25.0 Å². The highest BCUT2D eigenvalue weighted by Crippen LogP contribution is 2.29. The summed E-state index contributed by atoms with van der Waals surface area (Å²) in [4.78, 5) is 9.36. The number of benzene rings is 1. The van der Waals surface area contributed by atoms with Crippen molar-refractivity contribution in [2.45, 2.75) is 20.0 Å². The van der Waals surface area contributed by atoms with E-state index in [2.05, 4.69) is 42.5 Å². The van der Waals surface area contributed by atoms with Gasteiger partial charge in [0.15, 0.2) is 5.82 Å². The van der Waals surface area contributed by atoms with Crippen LogP contribution in [0.3, 0.4) is 0 Å². The molecule has 0 radical (unpaired) electrons. The van der Waals surface area contributed by atoms with Crippen LogP contribution in [0, 0.1) is 25.2 Å². The van der Waals surface area contributed by atoms with Crippen LogP contribution in [0.1, 0.15) is 28.6 Å². The molecule has 5 rings (SSSR count). The molecule has 1 aliphatic heterocycles. The van der Waals surface area contributed by atoms with Crippen LogP contribution in [0.2, 0.25) is 0 Å². The maximum atomic E-state index is 9.37. The summed E-state index contributed by atoms with van der Waals surface area (Å²) in [6.07, 6.45) is 5.27. The van der Waals surface area contributed by atoms with Gasteiger partial charge in [0, 0.05) is 56.4 Å². The summed E-state index contributed by atoms with van der Waals surface area (Å²) >= 11 is 0. The number of hydrogen-bond acceptors (Lipinski definition) is 9. The number of nitriles is 1. The third kappa shape index (κ3) is 4.34. The van der Waals surface area contributed by atoms with Crippen LogP contribution in [0.5, 0.6) is 0 Å². The normalized spacial score (nSPS) is 14.7. The van der Waals surface area contributed by atoms with E-state index in [0.717, 1.165) is 65.3 Å². The Kier molecular flexibility index (Phi) is 5.93. The zero-order valence-electron chi connectivity index (χ0n) is 20.1. The first-order valence-corrected chi connectivity index (χ1v) is 11.6. The van der Waals surface area contributed by atoms with Gasteiger partial charge >= 0.3 is 0 Å². The molecule has 0 spiro atoms. The van der Waals surface area contributed by atoms with Crippen LogP contribution < -0.4 is 20.9 Å². The van der Waals surface area contributed by atoms with Crippen molar-refractivity contribution in [3.05, 3.63) is 65.2 Å². The Morgan fingerprint density at radius 3 is 2.54 bits per heavy atom. The van der Waals surface area contributed by atoms with Crippen LogP contribution in [0.25, 0.3) is 10.8 Å². The number of anilines is 3. The van der Waals surface area contributed by atoms with Gasteiger partial charge in [-0.3, -0.25) is 4.68 Å². The van der Waals surface area contributed by atoms with Crippen molar-refractivity contribution in [2.24, 2.45) is 12.8 Å². The molecule has 0 saturated carbocycles. The summed E-state index contributed by atoms with van der Waals surface area (Å²) in [5.74, 6) is 1.49. The van der Waals surface area contributed by atoms with Crippen LogP contribution in [-0.4, -0.2) is 51.1 Å². The molecule has 4 aromatic rings. The van der Waals surface area contributed by atoms with E-state index in [-0.39, 0.29) is 0 Å². The number of nitrogens with two attached hydrogens (primary N) is 1. The second-order valence-electron chi connectivity index (χ2n) is 8.82. The maximum absolute atomic E-state index is 9.37. The first-order chi connectivity index (χ1) is 16.9. The van der Waals surface area contributed by atoms with E-state index in [1.165, 1.54) is 0 Å². The Hall–Kier alpha value is -4.23. The Bertz CT molecular complexity index is 1410. The van der Waals surface area contributed by atoms with E-state index in [1.54, 1.807) is 6.07 Å². The number of nitrogens with one attached hydrogen (secondary N) is 1. The van der Waals surface area contributed by atoms with Crippen molar-refractivity contribution in [3.8, 4) is 6.07 Å². The van der Waals surface area contributed by atoms with Crippen LogP contribution in [0.15, 0.2) is 42.9 Å². The lowest BCUT2D eigenvalue weighted by atomic mass is 10.0. The fourth-order valence-corrected chi connectivity index (χ4v) is 4.54. The smallest absolute Gasteiger partial charge is 0.158 e. The molecule has 0 amide bonds. The average molecular weight is 469 g/mol. The number of nitrogens with zero attached hydrogens (tertiary/aromatic N) is 8. The summed E-state index contributed by atoms with van der Waals surface area (Å²) in [7, 11) is 1.93. The molecule has 10 heteroatoms. The summed E-state index contributed by atoms with van der Waals surface area (Å²) in [5, 5.41) is 27.5. The Morgan fingerprint density at radius 1 is 1.06 bits per heavy atom. The quantitative estimate of drug-likeness (QED) is 0.425. The van der Waals surface area contributed by atoms with Crippen molar-refractivity contribution in [3.63, 3.8) is 0 Å². The van der Waals surface area contributed by atoms with Gasteiger partial charge < -0.3 is 20.9 Å². The molecule has 1 fully saturated rings. The summed E-state index contributed by atoms with van der Waals surface area (Å²) < 4.78 is 1.83. The highest BCUT2D eigenvalue weighted by atomic mass is 15.3. The van der Waals surface area contributed by atoms with Gasteiger partial charge in [-0.1, -0.05) is 12.1 Å². The molecule has 35 heavy (non-hydrogen) atoms. The molecular weight excluding hydrogens is 440 g/mol. The molecule has 3 N–H and O–H groups in total. The lowest BCUT2D eigenvalue weighted by Crippen LogP contribution is -2.46. The molecule has 178 valence electrons. The van der Waals surface area contributed by atoms with Gasteiger partial charge in [-0.05, 0) is 37.1 Å². The molecule has 0 aliphatic carbocycles. The molecule has 3 aromatic heterocycles. The highest BCUT2D eigenvalue weighted by Gasteiger charge is 2.21. The minimum atomic E-state index is -0.539. The second kappa shape index (κ2) is 9.19. The van der Waals surface area contributed by atoms with Crippen molar-refractivity contribution < 1.29 is 0 Å². The van der Waals surface area contributed by atoms with E-state index in [4.69, 9.17) is 10.7 Å². The third-order valence-corrected chi connectivity index (χ3v) is 6.62. The van der Waals surface area contributed by atoms with Crippen molar-refractivity contribution >= 4 is 28.1 Å². The van der Waals surface area contributed by atoms with E-state index in [9.17, 15) is 5.26 Å². The minimum Gasteiger partial charge on any atom is -0.365 e. The number of hydrogen-bond donors (Lipinski definition) is 2. The van der Waals surface area contributed by atoms with Gasteiger partial charge in [-0.15, -0.1) is 5.10 Å². The summed E-state index contributed by atoms with van der Waals surface area (Å²) in [6.45, 7) is 7.32. The maximum Gasteiger partial charge on any atom is 0.158 e.